The molecule has 30 heavy (non-hydrogen) atoms. The fourth-order valence-electron chi connectivity index (χ4n) is 3.99. The molecule has 0 radical (unpaired) electrons. The van der Waals surface area contributed by atoms with E-state index in [1.54, 1.807) is 4.90 Å². The van der Waals surface area contributed by atoms with Gasteiger partial charge in [0.15, 0.2) is 9.84 Å². The lowest BCUT2D eigenvalue weighted by molar-refractivity contribution is -0.387. The summed E-state index contributed by atoms with van der Waals surface area (Å²) in [5.41, 5.74) is -0.581. The number of benzene rings is 1. The second-order valence-electron chi connectivity index (χ2n) is 7.74. The number of nitro benzene ring substituents is 1. The summed E-state index contributed by atoms with van der Waals surface area (Å²) in [6.45, 7) is 2.40. The highest BCUT2D eigenvalue weighted by molar-refractivity contribution is 7.91. The largest absolute Gasteiger partial charge is 0.338 e. The summed E-state index contributed by atoms with van der Waals surface area (Å²) in [4.78, 5) is 38.7. The van der Waals surface area contributed by atoms with Crippen LogP contribution in [0.25, 0.3) is 0 Å². The minimum atomic E-state index is -3.17. The van der Waals surface area contributed by atoms with E-state index in [0.29, 0.717) is 13.0 Å². The van der Waals surface area contributed by atoms with Gasteiger partial charge in [0, 0.05) is 31.6 Å². The predicted molar refractivity (Wildman–Crippen MR) is 107 cm³/mol. The molecule has 0 saturated carbocycles. The summed E-state index contributed by atoms with van der Waals surface area (Å²) in [5.74, 6) is -2.38. The fraction of sp³-hybridized carbons (Fsp3) is 0.579. The third kappa shape index (κ3) is 4.61. The first-order valence-corrected chi connectivity index (χ1v) is 11.7. The molecule has 164 valence electrons. The molecule has 2 aliphatic rings. The molecule has 2 atom stereocenters. The number of rotatable bonds is 7. The molecule has 0 aliphatic carbocycles. The number of carbonyl (C=O) groups excluding carboxylic acids is 2. The normalized spacial score (nSPS) is 23.0. The van der Waals surface area contributed by atoms with Gasteiger partial charge in [-0.05, 0) is 25.0 Å². The third-order valence-electron chi connectivity index (χ3n) is 5.60. The van der Waals surface area contributed by atoms with Crippen LogP contribution in [-0.4, -0.2) is 60.7 Å². The summed E-state index contributed by atoms with van der Waals surface area (Å²) >= 11 is 0. The van der Waals surface area contributed by atoms with Crippen LogP contribution in [0.5, 0.6) is 0 Å². The molecule has 3 rings (SSSR count). The van der Waals surface area contributed by atoms with E-state index in [9.17, 15) is 32.5 Å². The topological polar surface area (TPSA) is 118 Å². The Morgan fingerprint density at radius 2 is 2.13 bits per heavy atom. The number of nitrogens with zero attached hydrogens (tertiary/aromatic N) is 3. The fourth-order valence-corrected chi connectivity index (χ4v) is 5.72. The zero-order valence-corrected chi connectivity index (χ0v) is 17.4. The van der Waals surface area contributed by atoms with Crippen molar-refractivity contribution < 1.29 is 27.3 Å². The van der Waals surface area contributed by atoms with E-state index in [2.05, 4.69) is 0 Å². The van der Waals surface area contributed by atoms with Crippen molar-refractivity contribution in [2.24, 2.45) is 5.92 Å². The number of halogens is 1. The van der Waals surface area contributed by atoms with Crippen LogP contribution >= 0.6 is 0 Å². The van der Waals surface area contributed by atoms with E-state index in [0.717, 1.165) is 25.0 Å². The van der Waals surface area contributed by atoms with Gasteiger partial charge in [-0.25, -0.2) is 8.42 Å². The van der Waals surface area contributed by atoms with Gasteiger partial charge < -0.3 is 9.80 Å². The molecule has 0 aromatic heterocycles. The molecule has 11 heteroatoms. The van der Waals surface area contributed by atoms with Crippen molar-refractivity contribution in [2.45, 2.75) is 38.6 Å². The maximum absolute atomic E-state index is 13.6. The van der Waals surface area contributed by atoms with Gasteiger partial charge in [-0.2, -0.15) is 4.39 Å². The van der Waals surface area contributed by atoms with Gasteiger partial charge in [0.25, 0.3) is 0 Å². The third-order valence-corrected chi connectivity index (χ3v) is 7.35. The van der Waals surface area contributed by atoms with E-state index in [1.165, 1.54) is 11.0 Å². The van der Waals surface area contributed by atoms with E-state index in [1.807, 2.05) is 6.92 Å². The second kappa shape index (κ2) is 8.66. The predicted octanol–water partition coefficient (Wildman–Crippen LogP) is 1.90. The standard InChI is InChI=1S/C19H24FN3O6S/c1-2-3-7-21(15-6-8-30(28,29)12-15)19(25)13-9-18(24)22(11-13)14-4-5-16(20)17(10-14)23(26)27/h4-5,10,13,15H,2-3,6-9,11-12H2,1H3. The van der Waals surface area contributed by atoms with E-state index < -0.39 is 38.2 Å². The van der Waals surface area contributed by atoms with Gasteiger partial charge in [-0.3, -0.25) is 19.7 Å². The van der Waals surface area contributed by atoms with Crippen LogP contribution in [0.1, 0.15) is 32.6 Å². The van der Waals surface area contributed by atoms with Crippen molar-refractivity contribution in [1.82, 2.24) is 4.90 Å². The maximum atomic E-state index is 13.6. The Morgan fingerprint density at radius 1 is 1.40 bits per heavy atom. The van der Waals surface area contributed by atoms with Crippen LogP contribution in [0, 0.1) is 21.8 Å². The Labute approximate surface area is 173 Å². The Balaban J connectivity index is 1.79. The Kier molecular flexibility index (Phi) is 6.39. The molecule has 1 aromatic rings. The summed E-state index contributed by atoms with van der Waals surface area (Å²) in [6, 6.07) is 2.78. The number of carbonyl (C=O) groups is 2. The highest BCUT2D eigenvalue weighted by atomic mass is 32.2. The lowest BCUT2D eigenvalue weighted by Gasteiger charge is -2.30. The van der Waals surface area contributed by atoms with Gasteiger partial charge >= 0.3 is 5.69 Å². The van der Waals surface area contributed by atoms with Crippen molar-refractivity contribution in [1.29, 1.82) is 0 Å². The molecule has 0 spiro atoms. The lowest BCUT2D eigenvalue weighted by Crippen LogP contribution is -2.45. The first kappa shape index (κ1) is 22.1. The number of hydrogen-bond donors (Lipinski definition) is 0. The zero-order chi connectivity index (χ0) is 22.1. The summed E-state index contributed by atoms with van der Waals surface area (Å²) in [5, 5.41) is 11.0. The molecule has 2 fully saturated rings. The van der Waals surface area contributed by atoms with Crippen LogP contribution in [0.15, 0.2) is 18.2 Å². The molecule has 0 bridgehead atoms. The smallest absolute Gasteiger partial charge is 0.306 e. The molecule has 2 aliphatic heterocycles. The monoisotopic (exact) mass is 441 g/mol. The Bertz CT molecular complexity index is 967. The highest BCUT2D eigenvalue weighted by Gasteiger charge is 2.41. The maximum Gasteiger partial charge on any atom is 0.306 e. The van der Waals surface area contributed by atoms with E-state index in [4.69, 9.17) is 0 Å². The molecule has 9 nitrogen and oxygen atoms in total. The van der Waals surface area contributed by atoms with E-state index in [-0.39, 0.29) is 42.0 Å². The van der Waals surface area contributed by atoms with Crippen LogP contribution < -0.4 is 4.90 Å². The first-order chi connectivity index (χ1) is 14.1. The lowest BCUT2D eigenvalue weighted by atomic mass is 10.0. The first-order valence-electron chi connectivity index (χ1n) is 9.88. The molecule has 2 unspecified atom stereocenters. The van der Waals surface area contributed by atoms with Crippen molar-refractivity contribution in [3.63, 3.8) is 0 Å². The van der Waals surface area contributed by atoms with Crippen molar-refractivity contribution in [2.75, 3.05) is 29.5 Å². The average Bonchev–Trinajstić information content (AvgIpc) is 3.24. The van der Waals surface area contributed by atoms with Crippen molar-refractivity contribution >= 4 is 33.0 Å². The van der Waals surface area contributed by atoms with Crippen LogP contribution in [0.3, 0.4) is 0 Å². The van der Waals surface area contributed by atoms with Crippen LogP contribution in [0.2, 0.25) is 0 Å². The molecule has 2 heterocycles. The van der Waals surface area contributed by atoms with Gasteiger partial charge in [-0.15, -0.1) is 0 Å². The number of sulfone groups is 1. The number of unbranched alkanes of at least 4 members (excludes halogenated alkanes) is 1. The summed E-state index contributed by atoms with van der Waals surface area (Å²) in [6.07, 6.45) is 1.85. The van der Waals surface area contributed by atoms with Gasteiger partial charge in [-0.1, -0.05) is 13.3 Å². The van der Waals surface area contributed by atoms with Crippen molar-refractivity contribution in [3.8, 4) is 0 Å². The quantitative estimate of drug-likeness (QED) is 0.471. The molecule has 0 N–H and O–H groups in total. The van der Waals surface area contributed by atoms with Crippen molar-refractivity contribution in [3.05, 3.63) is 34.1 Å². The van der Waals surface area contributed by atoms with Gasteiger partial charge in [0.05, 0.1) is 28.0 Å². The van der Waals surface area contributed by atoms with Crippen LogP contribution in [0.4, 0.5) is 15.8 Å². The average molecular weight is 441 g/mol. The Morgan fingerprint density at radius 3 is 2.73 bits per heavy atom. The molecule has 1 aromatic carbocycles. The SMILES string of the molecule is CCCCN(C(=O)C1CC(=O)N(c2ccc(F)c([N+](=O)[O-])c2)C1)C1CCS(=O)(=O)C1. The van der Waals surface area contributed by atoms with Crippen LogP contribution in [-0.2, 0) is 19.4 Å². The number of hydrogen-bond acceptors (Lipinski definition) is 6. The second-order valence-corrected chi connectivity index (χ2v) is 9.97. The molecule has 2 saturated heterocycles. The minimum Gasteiger partial charge on any atom is -0.338 e. The van der Waals surface area contributed by atoms with Gasteiger partial charge in [0.2, 0.25) is 17.6 Å². The number of nitro groups is 1. The number of anilines is 1. The molecule has 2 amide bonds. The highest BCUT2D eigenvalue weighted by Crippen LogP contribution is 2.31. The summed E-state index contributed by atoms with van der Waals surface area (Å²) in [7, 11) is -3.17. The molecular formula is C19H24FN3O6S. The Hall–Kier alpha value is -2.56. The van der Waals surface area contributed by atoms with E-state index >= 15 is 0 Å². The number of amides is 2. The minimum absolute atomic E-state index is 0.0164. The van der Waals surface area contributed by atoms with Gasteiger partial charge in [0.1, 0.15) is 0 Å². The molecular weight excluding hydrogens is 417 g/mol. The summed E-state index contributed by atoms with van der Waals surface area (Å²) < 4.78 is 37.4. The zero-order valence-electron chi connectivity index (χ0n) is 16.6.